The molecular formula is C14H26N4O3S. The fraction of sp³-hybridized carbons (Fsp3) is 0.929. The van der Waals surface area contributed by atoms with Gasteiger partial charge in [0.2, 0.25) is 10.0 Å². The molecule has 3 fully saturated rings. The largest absolute Gasteiger partial charge is 0.373 e. The molecular weight excluding hydrogens is 304 g/mol. The summed E-state index contributed by atoms with van der Waals surface area (Å²) in [5, 5.41) is 6.67. The number of fused-ring (bicyclic) bond motifs is 2. The number of hydrogen-bond acceptors (Lipinski definition) is 4. The molecule has 7 nitrogen and oxygen atoms in total. The highest BCUT2D eigenvalue weighted by Gasteiger charge is 2.41. The first kappa shape index (κ1) is 16.0. The first-order valence-corrected chi connectivity index (χ1v) is 9.87. The quantitative estimate of drug-likeness (QED) is 0.543. The molecule has 0 aromatic carbocycles. The molecule has 22 heavy (non-hydrogen) atoms. The Kier molecular flexibility index (Phi) is 4.89. The SMILES string of the molecule is CCNC(=NCCN1CCCS1(=O)=O)NC1CC2CCC1O2. The number of sulfonamides is 1. The Hall–Kier alpha value is -0.860. The third-order valence-electron chi connectivity index (χ3n) is 4.59. The van der Waals surface area contributed by atoms with Crippen molar-refractivity contribution in [3.05, 3.63) is 0 Å². The molecule has 0 aliphatic carbocycles. The van der Waals surface area contributed by atoms with E-state index in [9.17, 15) is 8.42 Å². The van der Waals surface area contributed by atoms with E-state index in [0.29, 0.717) is 37.9 Å². The fourth-order valence-electron chi connectivity index (χ4n) is 3.50. The van der Waals surface area contributed by atoms with Gasteiger partial charge in [-0.15, -0.1) is 0 Å². The number of rotatable bonds is 5. The molecule has 0 saturated carbocycles. The van der Waals surface area contributed by atoms with Crippen molar-refractivity contribution in [2.75, 3.05) is 31.9 Å². The summed E-state index contributed by atoms with van der Waals surface area (Å²) >= 11 is 0. The van der Waals surface area contributed by atoms with Gasteiger partial charge in [0, 0.05) is 19.6 Å². The van der Waals surface area contributed by atoms with Gasteiger partial charge in [0.15, 0.2) is 5.96 Å². The Morgan fingerprint density at radius 1 is 1.41 bits per heavy atom. The van der Waals surface area contributed by atoms with Gasteiger partial charge in [-0.1, -0.05) is 0 Å². The predicted octanol–water partition coefficient (Wildman–Crippen LogP) is -0.103. The Morgan fingerprint density at radius 2 is 2.27 bits per heavy atom. The van der Waals surface area contributed by atoms with Gasteiger partial charge in [-0.3, -0.25) is 4.99 Å². The van der Waals surface area contributed by atoms with E-state index in [1.54, 1.807) is 4.31 Å². The van der Waals surface area contributed by atoms with Crippen LogP contribution in [0.25, 0.3) is 0 Å². The zero-order valence-electron chi connectivity index (χ0n) is 13.1. The zero-order chi connectivity index (χ0) is 15.6. The molecule has 3 unspecified atom stereocenters. The Morgan fingerprint density at radius 3 is 2.86 bits per heavy atom. The molecule has 0 amide bonds. The number of nitrogens with zero attached hydrogens (tertiary/aromatic N) is 2. The normalized spacial score (nSPS) is 34.2. The monoisotopic (exact) mass is 330 g/mol. The Balaban J connectivity index is 1.52. The molecule has 0 radical (unpaired) electrons. The van der Waals surface area contributed by atoms with Crippen LogP contribution in [0.15, 0.2) is 4.99 Å². The summed E-state index contributed by atoms with van der Waals surface area (Å²) < 4.78 is 30.9. The highest BCUT2D eigenvalue weighted by molar-refractivity contribution is 7.89. The lowest BCUT2D eigenvalue weighted by Crippen LogP contribution is -2.47. The summed E-state index contributed by atoms with van der Waals surface area (Å²) in [5.74, 6) is 1.04. The second-order valence-electron chi connectivity index (χ2n) is 6.19. The van der Waals surface area contributed by atoms with Crippen LogP contribution in [0.3, 0.4) is 0 Å². The van der Waals surface area contributed by atoms with Gasteiger partial charge in [-0.2, -0.15) is 0 Å². The van der Waals surface area contributed by atoms with E-state index in [-0.39, 0.29) is 5.75 Å². The number of guanidine groups is 1. The molecule has 8 heteroatoms. The standard InChI is InChI=1S/C14H26N4O3S/c1-2-15-14(17-12-10-11-4-5-13(12)21-11)16-6-8-18-7-3-9-22(18,19)20/h11-13H,2-10H2,1H3,(H2,15,16,17). The summed E-state index contributed by atoms with van der Waals surface area (Å²) in [6.07, 6.45) is 4.76. The van der Waals surface area contributed by atoms with Gasteiger partial charge in [0.05, 0.1) is 30.5 Å². The smallest absolute Gasteiger partial charge is 0.214 e. The van der Waals surface area contributed by atoms with E-state index in [0.717, 1.165) is 31.8 Å². The summed E-state index contributed by atoms with van der Waals surface area (Å²) in [4.78, 5) is 4.52. The van der Waals surface area contributed by atoms with Crippen molar-refractivity contribution >= 4 is 16.0 Å². The predicted molar refractivity (Wildman–Crippen MR) is 85.4 cm³/mol. The van der Waals surface area contributed by atoms with Gasteiger partial charge in [0.25, 0.3) is 0 Å². The molecule has 2 N–H and O–H groups in total. The Labute approximate surface area is 132 Å². The summed E-state index contributed by atoms with van der Waals surface area (Å²) in [7, 11) is -3.02. The van der Waals surface area contributed by atoms with Crippen LogP contribution < -0.4 is 10.6 Å². The maximum Gasteiger partial charge on any atom is 0.214 e. The molecule has 0 aromatic heterocycles. The van der Waals surface area contributed by atoms with Gasteiger partial charge in [0.1, 0.15) is 0 Å². The molecule has 3 aliphatic rings. The van der Waals surface area contributed by atoms with E-state index < -0.39 is 10.0 Å². The van der Waals surface area contributed by atoms with Gasteiger partial charge >= 0.3 is 0 Å². The maximum absolute atomic E-state index is 11.8. The summed E-state index contributed by atoms with van der Waals surface area (Å²) in [6.45, 7) is 4.39. The van der Waals surface area contributed by atoms with Crippen LogP contribution in [0, 0.1) is 0 Å². The topological polar surface area (TPSA) is 83.0 Å². The van der Waals surface area contributed by atoms with E-state index in [1.165, 1.54) is 6.42 Å². The third kappa shape index (κ3) is 3.55. The van der Waals surface area contributed by atoms with Crippen molar-refractivity contribution in [3.63, 3.8) is 0 Å². The molecule has 3 aliphatic heterocycles. The summed E-state index contributed by atoms with van der Waals surface area (Å²) in [5.41, 5.74) is 0. The molecule has 2 bridgehead atoms. The number of nitrogens with one attached hydrogen (secondary N) is 2. The van der Waals surface area contributed by atoms with Crippen molar-refractivity contribution < 1.29 is 13.2 Å². The molecule has 0 aromatic rings. The van der Waals surface area contributed by atoms with Crippen LogP contribution in [-0.2, 0) is 14.8 Å². The molecule has 3 atom stereocenters. The van der Waals surface area contributed by atoms with Crippen LogP contribution in [0.1, 0.15) is 32.6 Å². The van der Waals surface area contributed by atoms with E-state index in [2.05, 4.69) is 15.6 Å². The average molecular weight is 330 g/mol. The highest BCUT2D eigenvalue weighted by atomic mass is 32.2. The van der Waals surface area contributed by atoms with E-state index >= 15 is 0 Å². The number of ether oxygens (including phenoxy) is 1. The van der Waals surface area contributed by atoms with Crippen molar-refractivity contribution in [1.29, 1.82) is 0 Å². The highest BCUT2D eigenvalue weighted by Crippen LogP contribution is 2.34. The second kappa shape index (κ2) is 6.72. The van der Waals surface area contributed by atoms with Crippen molar-refractivity contribution in [2.24, 2.45) is 4.99 Å². The minimum Gasteiger partial charge on any atom is -0.373 e. The first-order valence-electron chi connectivity index (χ1n) is 8.26. The van der Waals surface area contributed by atoms with Gasteiger partial charge in [-0.25, -0.2) is 12.7 Å². The molecule has 3 rings (SSSR count). The van der Waals surface area contributed by atoms with Crippen LogP contribution in [0.4, 0.5) is 0 Å². The lowest BCUT2D eigenvalue weighted by molar-refractivity contribution is 0.0992. The fourth-order valence-corrected chi connectivity index (χ4v) is 5.02. The van der Waals surface area contributed by atoms with Gasteiger partial charge < -0.3 is 15.4 Å². The average Bonchev–Trinajstić information content (AvgIpc) is 3.15. The van der Waals surface area contributed by atoms with Crippen molar-refractivity contribution in [3.8, 4) is 0 Å². The molecule has 126 valence electrons. The third-order valence-corrected chi connectivity index (χ3v) is 6.55. The van der Waals surface area contributed by atoms with Crippen molar-refractivity contribution in [2.45, 2.75) is 50.9 Å². The minimum absolute atomic E-state index is 0.275. The van der Waals surface area contributed by atoms with E-state index in [1.807, 2.05) is 6.92 Å². The van der Waals surface area contributed by atoms with E-state index in [4.69, 9.17) is 4.74 Å². The Bertz CT molecular complexity index is 522. The summed E-state index contributed by atoms with van der Waals surface area (Å²) in [6, 6.07) is 0.326. The zero-order valence-corrected chi connectivity index (χ0v) is 13.9. The number of hydrogen-bond donors (Lipinski definition) is 2. The molecule has 0 spiro atoms. The number of aliphatic imine (C=N–C) groups is 1. The maximum atomic E-state index is 11.8. The lowest BCUT2D eigenvalue weighted by Gasteiger charge is -2.23. The van der Waals surface area contributed by atoms with Crippen LogP contribution in [0.5, 0.6) is 0 Å². The lowest BCUT2D eigenvalue weighted by atomic mass is 9.96. The van der Waals surface area contributed by atoms with Crippen LogP contribution in [0.2, 0.25) is 0 Å². The van der Waals surface area contributed by atoms with Crippen LogP contribution >= 0.6 is 0 Å². The second-order valence-corrected chi connectivity index (χ2v) is 8.28. The van der Waals surface area contributed by atoms with Gasteiger partial charge in [-0.05, 0) is 32.6 Å². The molecule has 3 heterocycles. The van der Waals surface area contributed by atoms with Crippen LogP contribution in [-0.4, -0.2) is 68.9 Å². The minimum atomic E-state index is -3.02. The molecule has 3 saturated heterocycles. The van der Waals surface area contributed by atoms with Crippen molar-refractivity contribution in [1.82, 2.24) is 14.9 Å². The first-order chi connectivity index (χ1) is 10.6.